The molecule has 0 radical (unpaired) electrons. The zero-order chi connectivity index (χ0) is 15.1. The van der Waals surface area contributed by atoms with Gasteiger partial charge in [0, 0.05) is 12.0 Å². The number of Topliss-reactive ketones (excluding diaryl/α,β-unsaturated/α-hetero) is 1. The highest BCUT2D eigenvalue weighted by molar-refractivity contribution is 5.98. The van der Waals surface area contributed by atoms with Crippen molar-refractivity contribution in [2.75, 3.05) is 13.2 Å². The van der Waals surface area contributed by atoms with E-state index in [1.165, 1.54) is 19.3 Å². The molecule has 3 heteroatoms. The number of carbonyl (C=O) groups excluding carboxylic acids is 1. The summed E-state index contributed by atoms with van der Waals surface area (Å²) in [5, 5.41) is 0.954. The van der Waals surface area contributed by atoms with Gasteiger partial charge >= 0.3 is 0 Å². The molecule has 0 N–H and O–H groups in total. The third kappa shape index (κ3) is 4.43. The molecule has 0 aliphatic carbocycles. The van der Waals surface area contributed by atoms with E-state index in [2.05, 4.69) is 13.8 Å². The molecule has 0 fully saturated rings. The lowest BCUT2D eigenvalue weighted by atomic mass is 10.0. The quantitative estimate of drug-likeness (QED) is 0.619. The Morgan fingerprint density at radius 2 is 2.10 bits per heavy atom. The van der Waals surface area contributed by atoms with Crippen LogP contribution in [0.2, 0.25) is 0 Å². The first-order valence-corrected chi connectivity index (χ1v) is 7.84. The molecule has 114 valence electrons. The molecule has 0 saturated heterocycles. The topological polar surface area (TPSA) is 39.4 Å². The van der Waals surface area contributed by atoms with E-state index in [9.17, 15) is 4.79 Å². The van der Waals surface area contributed by atoms with Gasteiger partial charge < -0.3 is 9.15 Å². The molecular formula is C18H24O3. The fraction of sp³-hybridized carbons (Fsp3) is 0.500. The number of ether oxygens (including phenoxy) is 1. The molecule has 0 aliphatic heterocycles. The van der Waals surface area contributed by atoms with Crippen molar-refractivity contribution in [3.8, 4) is 0 Å². The summed E-state index contributed by atoms with van der Waals surface area (Å²) in [4.78, 5) is 12.1. The van der Waals surface area contributed by atoms with Gasteiger partial charge in [-0.2, -0.15) is 0 Å². The second kappa shape index (κ2) is 7.99. The van der Waals surface area contributed by atoms with Crippen LogP contribution in [0.5, 0.6) is 0 Å². The molecule has 0 amide bonds. The van der Waals surface area contributed by atoms with E-state index in [1.54, 1.807) is 6.07 Å². The smallest absolute Gasteiger partial charge is 0.223 e. The number of fused-ring (bicyclic) bond motifs is 1. The standard InChI is InChI=1S/C18H24O3/c1-3-5-8-14(4-2)12-20-13-16(19)18-11-15-9-6-7-10-17(15)21-18/h6-7,9-11,14H,3-5,8,12-13H2,1-2H3. The van der Waals surface area contributed by atoms with Crippen LogP contribution in [0.15, 0.2) is 34.7 Å². The van der Waals surface area contributed by atoms with Gasteiger partial charge in [0.15, 0.2) is 5.76 Å². The van der Waals surface area contributed by atoms with Crippen LogP contribution in [-0.2, 0) is 4.74 Å². The Morgan fingerprint density at radius 3 is 2.81 bits per heavy atom. The molecule has 21 heavy (non-hydrogen) atoms. The summed E-state index contributed by atoms with van der Waals surface area (Å²) < 4.78 is 11.1. The van der Waals surface area contributed by atoms with Crippen LogP contribution in [0.25, 0.3) is 11.0 Å². The van der Waals surface area contributed by atoms with Crippen LogP contribution in [-0.4, -0.2) is 19.0 Å². The van der Waals surface area contributed by atoms with Crippen molar-refractivity contribution in [1.82, 2.24) is 0 Å². The molecule has 1 unspecified atom stereocenters. The lowest BCUT2D eigenvalue weighted by Gasteiger charge is -2.13. The first-order chi connectivity index (χ1) is 10.2. The Balaban J connectivity index is 1.84. The van der Waals surface area contributed by atoms with Crippen LogP contribution >= 0.6 is 0 Å². The van der Waals surface area contributed by atoms with Gasteiger partial charge in [-0.3, -0.25) is 4.79 Å². The number of para-hydroxylation sites is 1. The van der Waals surface area contributed by atoms with E-state index in [-0.39, 0.29) is 12.4 Å². The fourth-order valence-electron chi connectivity index (χ4n) is 2.41. The van der Waals surface area contributed by atoms with Crippen LogP contribution in [0.4, 0.5) is 0 Å². The molecule has 0 spiro atoms. The third-order valence-electron chi connectivity index (χ3n) is 3.83. The summed E-state index contributed by atoms with van der Waals surface area (Å²) in [6, 6.07) is 9.42. The molecule has 1 atom stereocenters. The van der Waals surface area contributed by atoms with Gasteiger partial charge in [0.05, 0.1) is 0 Å². The molecule has 0 aliphatic rings. The SMILES string of the molecule is CCCCC(CC)COCC(=O)c1cc2ccccc2o1. The second-order valence-electron chi connectivity index (χ2n) is 5.50. The van der Waals surface area contributed by atoms with Crippen molar-refractivity contribution in [2.24, 2.45) is 5.92 Å². The number of hydrogen-bond acceptors (Lipinski definition) is 3. The number of hydrogen-bond donors (Lipinski definition) is 0. The maximum atomic E-state index is 12.1. The van der Waals surface area contributed by atoms with Crippen molar-refractivity contribution < 1.29 is 13.9 Å². The van der Waals surface area contributed by atoms with E-state index >= 15 is 0 Å². The van der Waals surface area contributed by atoms with Crippen molar-refractivity contribution >= 4 is 16.8 Å². The predicted molar refractivity (Wildman–Crippen MR) is 84.7 cm³/mol. The number of benzene rings is 1. The van der Waals surface area contributed by atoms with Gasteiger partial charge in [-0.15, -0.1) is 0 Å². The first kappa shape index (κ1) is 15.8. The summed E-state index contributed by atoms with van der Waals surface area (Å²) in [6.45, 7) is 5.12. The number of carbonyl (C=O) groups is 1. The molecule has 0 bridgehead atoms. The molecule has 1 heterocycles. The Bertz CT molecular complexity index is 538. The first-order valence-electron chi connectivity index (χ1n) is 7.84. The van der Waals surface area contributed by atoms with Gasteiger partial charge in [0.1, 0.15) is 12.2 Å². The molecular weight excluding hydrogens is 264 g/mol. The van der Waals surface area contributed by atoms with E-state index in [1.807, 2.05) is 24.3 Å². The fourth-order valence-corrected chi connectivity index (χ4v) is 2.41. The zero-order valence-corrected chi connectivity index (χ0v) is 12.9. The maximum absolute atomic E-state index is 12.1. The van der Waals surface area contributed by atoms with Crippen LogP contribution < -0.4 is 0 Å². The number of furan rings is 1. The monoisotopic (exact) mass is 288 g/mol. The van der Waals surface area contributed by atoms with E-state index in [4.69, 9.17) is 9.15 Å². The summed E-state index contributed by atoms with van der Waals surface area (Å²) >= 11 is 0. The lowest BCUT2D eigenvalue weighted by molar-refractivity contribution is 0.0636. The normalized spacial score (nSPS) is 12.7. The molecule has 1 aromatic heterocycles. The Hall–Kier alpha value is -1.61. The Morgan fingerprint density at radius 1 is 1.29 bits per heavy atom. The highest BCUT2D eigenvalue weighted by Gasteiger charge is 2.13. The van der Waals surface area contributed by atoms with E-state index < -0.39 is 0 Å². The van der Waals surface area contributed by atoms with E-state index in [0.29, 0.717) is 18.3 Å². The largest absolute Gasteiger partial charge is 0.453 e. The second-order valence-corrected chi connectivity index (χ2v) is 5.50. The number of rotatable bonds is 9. The summed E-state index contributed by atoms with van der Waals surface area (Å²) in [5.74, 6) is 0.850. The van der Waals surface area contributed by atoms with Gasteiger partial charge in [-0.25, -0.2) is 0 Å². The number of ketones is 1. The highest BCUT2D eigenvalue weighted by Crippen LogP contribution is 2.19. The van der Waals surface area contributed by atoms with Gasteiger partial charge in [-0.1, -0.05) is 51.3 Å². The van der Waals surface area contributed by atoms with Crippen molar-refractivity contribution in [3.05, 3.63) is 36.1 Å². The maximum Gasteiger partial charge on any atom is 0.223 e. The zero-order valence-electron chi connectivity index (χ0n) is 12.9. The minimum absolute atomic E-state index is 0.0865. The van der Waals surface area contributed by atoms with Crippen molar-refractivity contribution in [1.29, 1.82) is 0 Å². The average molecular weight is 288 g/mol. The molecule has 2 aromatic rings. The molecule has 3 nitrogen and oxygen atoms in total. The van der Waals surface area contributed by atoms with E-state index in [0.717, 1.165) is 17.4 Å². The molecule has 1 aromatic carbocycles. The van der Waals surface area contributed by atoms with Crippen LogP contribution in [0.3, 0.4) is 0 Å². The summed E-state index contributed by atoms with van der Waals surface area (Å²) in [6.07, 6.45) is 4.69. The number of unbranched alkanes of at least 4 members (excludes halogenated alkanes) is 1. The lowest BCUT2D eigenvalue weighted by Crippen LogP contribution is -2.14. The average Bonchev–Trinajstić information content (AvgIpc) is 2.94. The summed E-state index contributed by atoms with van der Waals surface area (Å²) in [5.41, 5.74) is 0.746. The third-order valence-corrected chi connectivity index (χ3v) is 3.83. The minimum Gasteiger partial charge on any atom is -0.453 e. The van der Waals surface area contributed by atoms with Crippen molar-refractivity contribution in [2.45, 2.75) is 39.5 Å². The summed E-state index contributed by atoms with van der Waals surface area (Å²) in [7, 11) is 0. The van der Waals surface area contributed by atoms with Gasteiger partial charge in [0.25, 0.3) is 0 Å². The Labute approximate surface area is 126 Å². The highest BCUT2D eigenvalue weighted by atomic mass is 16.5. The Kier molecular flexibility index (Phi) is 6.00. The van der Waals surface area contributed by atoms with Crippen LogP contribution in [0, 0.1) is 5.92 Å². The molecule has 0 saturated carbocycles. The van der Waals surface area contributed by atoms with Crippen molar-refractivity contribution in [3.63, 3.8) is 0 Å². The van der Waals surface area contributed by atoms with Gasteiger partial charge in [0.2, 0.25) is 5.78 Å². The van der Waals surface area contributed by atoms with Gasteiger partial charge in [-0.05, 0) is 24.5 Å². The minimum atomic E-state index is -0.0865. The molecule has 2 rings (SSSR count). The predicted octanol–water partition coefficient (Wildman–Crippen LogP) is 4.85. The van der Waals surface area contributed by atoms with Crippen LogP contribution in [0.1, 0.15) is 50.1 Å².